The van der Waals surface area contributed by atoms with E-state index < -0.39 is 28.2 Å². The maximum absolute atomic E-state index is 10.5. The van der Waals surface area contributed by atoms with Crippen molar-refractivity contribution in [2.24, 2.45) is 5.73 Å². The van der Waals surface area contributed by atoms with Crippen molar-refractivity contribution in [2.45, 2.75) is 18.8 Å². The molecule has 0 aromatic rings. The van der Waals surface area contributed by atoms with Crippen molar-refractivity contribution in [1.82, 2.24) is 0 Å². The summed E-state index contributed by atoms with van der Waals surface area (Å²) in [6.45, 7) is 0.995. The van der Waals surface area contributed by atoms with Crippen molar-refractivity contribution in [3.05, 3.63) is 0 Å². The molecule has 70 valence electrons. The standard InChI is InChI=1S/C4H7NO6S/c1-4(7,2(5)6)3-10-12(8,9)11-3/h3,7H,1H3,(H2,5,6). The lowest BCUT2D eigenvalue weighted by atomic mass is 10.1. The summed E-state index contributed by atoms with van der Waals surface area (Å²) in [6, 6.07) is 0. The maximum atomic E-state index is 10.5. The fourth-order valence-corrected chi connectivity index (χ4v) is 1.34. The van der Waals surface area contributed by atoms with E-state index in [2.05, 4.69) is 8.37 Å². The minimum Gasteiger partial charge on any atom is -0.376 e. The number of nitrogens with two attached hydrogens (primary N) is 1. The average Bonchev–Trinajstić information content (AvgIpc) is 1.82. The normalized spacial score (nSPS) is 27.2. The van der Waals surface area contributed by atoms with Gasteiger partial charge in [-0.15, -0.1) is 0 Å². The Morgan fingerprint density at radius 2 is 2.00 bits per heavy atom. The van der Waals surface area contributed by atoms with Crippen molar-refractivity contribution < 1.29 is 26.7 Å². The molecule has 1 rings (SSSR count). The van der Waals surface area contributed by atoms with Gasteiger partial charge in [-0.2, -0.15) is 8.42 Å². The van der Waals surface area contributed by atoms with Gasteiger partial charge in [0.05, 0.1) is 0 Å². The maximum Gasteiger partial charge on any atom is 0.405 e. The monoisotopic (exact) mass is 197 g/mol. The largest absolute Gasteiger partial charge is 0.405 e. The summed E-state index contributed by atoms with van der Waals surface area (Å²) >= 11 is 0. The molecule has 0 saturated carbocycles. The number of hydrogen-bond donors (Lipinski definition) is 2. The molecule has 1 saturated heterocycles. The summed E-state index contributed by atoms with van der Waals surface area (Å²) in [6.07, 6.45) is -1.54. The van der Waals surface area contributed by atoms with Gasteiger partial charge in [-0.1, -0.05) is 0 Å². The van der Waals surface area contributed by atoms with Crippen LogP contribution < -0.4 is 5.73 Å². The molecule has 1 aliphatic rings. The quantitative estimate of drug-likeness (QED) is 0.521. The lowest BCUT2D eigenvalue weighted by Gasteiger charge is -2.33. The fraction of sp³-hybridized carbons (Fsp3) is 0.750. The van der Waals surface area contributed by atoms with Gasteiger partial charge in [0.1, 0.15) is 0 Å². The number of aliphatic hydroxyl groups is 1. The Morgan fingerprint density at radius 3 is 2.25 bits per heavy atom. The molecule has 0 radical (unpaired) electrons. The zero-order valence-corrected chi connectivity index (χ0v) is 6.87. The van der Waals surface area contributed by atoms with Gasteiger partial charge in [0, 0.05) is 0 Å². The second-order valence-electron chi connectivity index (χ2n) is 2.44. The number of primary amides is 1. The highest BCUT2D eigenvalue weighted by molar-refractivity contribution is 7.82. The zero-order valence-electron chi connectivity index (χ0n) is 6.05. The Balaban J connectivity index is 2.70. The van der Waals surface area contributed by atoms with E-state index in [1.807, 2.05) is 0 Å². The zero-order chi connectivity index (χ0) is 9.57. The predicted octanol–water partition coefficient (Wildman–Crippen LogP) is -2.16. The molecule has 1 unspecified atom stereocenters. The molecular weight excluding hydrogens is 190 g/mol. The number of amides is 1. The van der Waals surface area contributed by atoms with Gasteiger partial charge in [-0.05, 0) is 6.92 Å². The first kappa shape index (κ1) is 9.39. The first-order chi connectivity index (χ1) is 5.26. The molecule has 0 aliphatic carbocycles. The molecule has 0 aromatic heterocycles. The third-order valence-electron chi connectivity index (χ3n) is 1.37. The number of rotatable bonds is 2. The molecule has 1 aliphatic heterocycles. The molecule has 0 bridgehead atoms. The van der Waals surface area contributed by atoms with Crippen LogP contribution in [0.1, 0.15) is 6.92 Å². The first-order valence-electron chi connectivity index (χ1n) is 2.89. The SMILES string of the molecule is CC(O)(C(N)=O)C1OS(=O)(=O)O1. The Labute approximate surface area is 68.4 Å². The fourth-order valence-electron chi connectivity index (χ4n) is 0.525. The van der Waals surface area contributed by atoms with Gasteiger partial charge in [-0.25, -0.2) is 8.37 Å². The molecule has 0 spiro atoms. The lowest BCUT2D eigenvalue weighted by Crippen LogP contribution is -2.58. The molecule has 8 heteroatoms. The Bertz CT molecular complexity index is 294. The van der Waals surface area contributed by atoms with Gasteiger partial charge in [0.15, 0.2) is 5.60 Å². The smallest absolute Gasteiger partial charge is 0.376 e. The average molecular weight is 197 g/mol. The van der Waals surface area contributed by atoms with Crippen LogP contribution in [0, 0.1) is 0 Å². The Kier molecular flexibility index (Phi) is 1.87. The van der Waals surface area contributed by atoms with E-state index in [4.69, 9.17) is 10.8 Å². The van der Waals surface area contributed by atoms with E-state index in [0.717, 1.165) is 6.92 Å². The highest BCUT2D eigenvalue weighted by Gasteiger charge is 2.52. The summed E-state index contributed by atoms with van der Waals surface area (Å²) in [5.74, 6) is -1.12. The van der Waals surface area contributed by atoms with Crippen LogP contribution in [0.5, 0.6) is 0 Å². The van der Waals surface area contributed by atoms with Gasteiger partial charge < -0.3 is 10.8 Å². The number of carbonyl (C=O) groups excluding carboxylic acids is 1. The van der Waals surface area contributed by atoms with Crippen molar-refractivity contribution in [1.29, 1.82) is 0 Å². The van der Waals surface area contributed by atoms with Gasteiger partial charge in [0.25, 0.3) is 5.91 Å². The predicted molar refractivity (Wildman–Crippen MR) is 34.7 cm³/mol. The number of hydrogen-bond acceptors (Lipinski definition) is 6. The highest BCUT2D eigenvalue weighted by Crippen LogP contribution is 2.27. The summed E-state index contributed by atoms with van der Waals surface area (Å²) in [5.41, 5.74) is 2.59. The molecule has 0 aromatic carbocycles. The Morgan fingerprint density at radius 1 is 1.58 bits per heavy atom. The van der Waals surface area contributed by atoms with Crippen LogP contribution in [-0.4, -0.2) is 31.3 Å². The minimum absolute atomic E-state index is 0.995. The molecule has 1 heterocycles. The summed E-state index contributed by atoms with van der Waals surface area (Å²) in [5, 5.41) is 9.15. The van der Waals surface area contributed by atoms with Gasteiger partial charge in [-0.3, -0.25) is 4.79 Å². The molecule has 1 atom stereocenters. The van der Waals surface area contributed by atoms with Gasteiger partial charge in [0.2, 0.25) is 6.29 Å². The first-order valence-corrected chi connectivity index (χ1v) is 4.23. The van der Waals surface area contributed by atoms with Gasteiger partial charge >= 0.3 is 10.4 Å². The van der Waals surface area contributed by atoms with Crippen molar-refractivity contribution >= 4 is 16.3 Å². The van der Waals surface area contributed by atoms with Crippen LogP contribution in [0.15, 0.2) is 0 Å². The van der Waals surface area contributed by atoms with Crippen LogP contribution in [0.3, 0.4) is 0 Å². The van der Waals surface area contributed by atoms with Crippen LogP contribution in [-0.2, 0) is 23.6 Å². The molecule has 12 heavy (non-hydrogen) atoms. The summed E-state index contributed by atoms with van der Waals surface area (Å²) < 4.78 is 28.6. The van der Waals surface area contributed by atoms with E-state index in [-0.39, 0.29) is 0 Å². The van der Waals surface area contributed by atoms with Crippen LogP contribution in [0.4, 0.5) is 0 Å². The van der Waals surface area contributed by atoms with Crippen LogP contribution in [0.2, 0.25) is 0 Å². The number of carbonyl (C=O) groups is 1. The van der Waals surface area contributed by atoms with E-state index in [9.17, 15) is 13.2 Å². The molecule has 1 fully saturated rings. The van der Waals surface area contributed by atoms with Crippen molar-refractivity contribution in [3.8, 4) is 0 Å². The van der Waals surface area contributed by atoms with E-state index in [0.29, 0.717) is 0 Å². The molecule has 3 N–H and O–H groups in total. The van der Waals surface area contributed by atoms with E-state index in [1.165, 1.54) is 0 Å². The lowest BCUT2D eigenvalue weighted by molar-refractivity contribution is -0.196. The minimum atomic E-state index is -4.02. The molecule has 7 nitrogen and oxygen atoms in total. The summed E-state index contributed by atoms with van der Waals surface area (Å²) in [7, 11) is -4.02. The van der Waals surface area contributed by atoms with Crippen molar-refractivity contribution in [3.63, 3.8) is 0 Å². The highest BCUT2D eigenvalue weighted by atomic mass is 32.3. The third-order valence-corrected chi connectivity index (χ3v) is 2.19. The van der Waals surface area contributed by atoms with Crippen LogP contribution >= 0.6 is 0 Å². The second-order valence-corrected chi connectivity index (χ2v) is 3.65. The third kappa shape index (κ3) is 1.41. The second kappa shape index (κ2) is 2.39. The van der Waals surface area contributed by atoms with E-state index in [1.54, 1.807) is 0 Å². The summed E-state index contributed by atoms with van der Waals surface area (Å²) in [4.78, 5) is 10.5. The topological polar surface area (TPSA) is 116 Å². The van der Waals surface area contributed by atoms with E-state index >= 15 is 0 Å². The molecule has 1 amide bonds. The van der Waals surface area contributed by atoms with Crippen LogP contribution in [0.25, 0.3) is 0 Å². The Hall–Kier alpha value is -0.700. The molecular formula is C4H7NO6S. The van der Waals surface area contributed by atoms with Crippen molar-refractivity contribution in [2.75, 3.05) is 0 Å².